The molecule has 0 fully saturated rings. The summed E-state index contributed by atoms with van der Waals surface area (Å²) < 4.78 is 0. The Bertz CT molecular complexity index is 822. The van der Waals surface area contributed by atoms with Gasteiger partial charge in [0, 0.05) is 35.9 Å². The summed E-state index contributed by atoms with van der Waals surface area (Å²) in [4.78, 5) is 38.8. The normalized spacial score (nSPS) is 11.1. The van der Waals surface area contributed by atoms with Crippen molar-refractivity contribution in [2.45, 2.75) is 33.7 Å². The molecule has 2 aromatic rings. The summed E-state index contributed by atoms with van der Waals surface area (Å²) in [5, 5.41) is 16.6. The van der Waals surface area contributed by atoms with E-state index in [9.17, 15) is 14.4 Å². The molecule has 7 nitrogen and oxygen atoms in total. The van der Waals surface area contributed by atoms with Crippen molar-refractivity contribution in [2.75, 3.05) is 6.54 Å². The monoisotopic (exact) mass is 389 g/mol. The molecule has 0 aliphatic carbocycles. The van der Waals surface area contributed by atoms with Crippen LogP contribution in [0.5, 0.6) is 0 Å². The van der Waals surface area contributed by atoms with Crippen LogP contribution in [0.1, 0.15) is 52.2 Å². The van der Waals surface area contributed by atoms with Crippen LogP contribution in [0, 0.1) is 5.41 Å². The van der Waals surface area contributed by atoms with E-state index in [0.717, 1.165) is 5.56 Å². The second kappa shape index (κ2) is 8.77. The van der Waals surface area contributed by atoms with Gasteiger partial charge in [0.25, 0.3) is 5.91 Å². The smallest absolute Gasteiger partial charge is 0.355 e. The fraction of sp³-hybridized carbons (Fsp3) is 0.368. The Balaban J connectivity index is 1.80. The molecule has 27 heavy (non-hydrogen) atoms. The highest BCUT2D eigenvalue weighted by Crippen LogP contribution is 2.13. The first-order valence-corrected chi connectivity index (χ1v) is 9.38. The molecule has 2 rings (SSSR count). The summed E-state index contributed by atoms with van der Waals surface area (Å²) in [6, 6.07) is 7.02. The minimum absolute atomic E-state index is 0.0236. The van der Waals surface area contributed by atoms with E-state index in [-0.39, 0.29) is 17.5 Å². The van der Waals surface area contributed by atoms with Crippen molar-refractivity contribution in [3.8, 4) is 0 Å². The molecule has 1 aromatic heterocycles. The number of nitrogens with zero attached hydrogens (tertiary/aromatic N) is 1. The van der Waals surface area contributed by atoms with E-state index in [0.29, 0.717) is 30.1 Å². The molecule has 3 N–H and O–H groups in total. The topological polar surface area (TPSA) is 108 Å². The minimum Gasteiger partial charge on any atom is -0.476 e. The van der Waals surface area contributed by atoms with Crippen LogP contribution in [0.2, 0.25) is 0 Å². The van der Waals surface area contributed by atoms with E-state index < -0.39 is 11.4 Å². The first-order valence-electron chi connectivity index (χ1n) is 8.50. The largest absolute Gasteiger partial charge is 0.476 e. The van der Waals surface area contributed by atoms with Gasteiger partial charge in [0.2, 0.25) is 5.91 Å². The number of carbonyl (C=O) groups is 3. The second-order valence-corrected chi connectivity index (χ2v) is 8.01. The third-order valence-corrected chi connectivity index (χ3v) is 4.65. The minimum atomic E-state index is -1.06. The Kier molecular flexibility index (Phi) is 6.68. The van der Waals surface area contributed by atoms with E-state index in [2.05, 4.69) is 15.6 Å². The lowest BCUT2D eigenvalue weighted by atomic mass is 9.95. The van der Waals surface area contributed by atoms with Crippen LogP contribution in [0.15, 0.2) is 29.6 Å². The van der Waals surface area contributed by atoms with Crippen molar-refractivity contribution in [3.05, 3.63) is 51.5 Å². The van der Waals surface area contributed by atoms with Gasteiger partial charge in [-0.3, -0.25) is 9.59 Å². The van der Waals surface area contributed by atoms with E-state index in [1.54, 1.807) is 24.3 Å². The number of rotatable bonds is 7. The van der Waals surface area contributed by atoms with Crippen LogP contribution in [0.4, 0.5) is 0 Å². The summed E-state index contributed by atoms with van der Waals surface area (Å²) in [5.41, 5.74) is 1.01. The van der Waals surface area contributed by atoms with E-state index in [4.69, 9.17) is 5.11 Å². The van der Waals surface area contributed by atoms with Gasteiger partial charge in [0.05, 0.1) is 5.01 Å². The highest BCUT2D eigenvalue weighted by Gasteiger charge is 2.20. The number of benzene rings is 1. The molecule has 0 unspecified atom stereocenters. The quantitative estimate of drug-likeness (QED) is 0.674. The lowest BCUT2D eigenvalue weighted by Gasteiger charge is -2.17. The summed E-state index contributed by atoms with van der Waals surface area (Å²) in [7, 11) is 0. The summed E-state index contributed by atoms with van der Waals surface area (Å²) in [6.07, 6.45) is 0.473. The highest BCUT2D eigenvalue weighted by molar-refractivity contribution is 7.09. The van der Waals surface area contributed by atoms with Crippen LogP contribution in [-0.2, 0) is 17.8 Å². The molecule has 8 heteroatoms. The predicted octanol–water partition coefficient (Wildman–Crippen LogP) is 2.48. The van der Waals surface area contributed by atoms with Crippen molar-refractivity contribution in [1.82, 2.24) is 15.6 Å². The average Bonchev–Trinajstić information content (AvgIpc) is 3.08. The Hall–Kier alpha value is -2.74. The van der Waals surface area contributed by atoms with Gasteiger partial charge in [-0.1, -0.05) is 32.9 Å². The van der Waals surface area contributed by atoms with Gasteiger partial charge in [-0.25, -0.2) is 9.78 Å². The number of aromatic nitrogens is 1. The Labute approximate surface area is 161 Å². The van der Waals surface area contributed by atoms with Gasteiger partial charge < -0.3 is 15.7 Å². The lowest BCUT2D eigenvalue weighted by molar-refractivity contribution is -0.128. The number of amides is 2. The number of nitrogens with one attached hydrogen (secondary N) is 2. The summed E-state index contributed by atoms with van der Waals surface area (Å²) in [6.45, 7) is 6.33. The molecule has 0 radical (unpaired) electrons. The number of thiazole rings is 1. The zero-order valence-electron chi connectivity index (χ0n) is 15.5. The number of carbonyl (C=O) groups excluding carboxylic acids is 2. The maximum atomic E-state index is 12.2. The van der Waals surface area contributed by atoms with Crippen molar-refractivity contribution in [3.63, 3.8) is 0 Å². The molecule has 0 aliphatic rings. The first kappa shape index (κ1) is 20.6. The third kappa shape index (κ3) is 6.18. The standard InChI is InChI=1S/C19H23N3O4S/c1-19(2,3)18(26)21-10-12-4-6-13(7-5-12)16(23)20-9-8-15-22-14(11-27-15)17(24)25/h4-7,11H,8-10H2,1-3H3,(H,20,23)(H,21,26)(H,24,25). The molecule has 1 heterocycles. The highest BCUT2D eigenvalue weighted by atomic mass is 32.1. The number of hydrogen-bond acceptors (Lipinski definition) is 5. The van der Waals surface area contributed by atoms with Gasteiger partial charge >= 0.3 is 5.97 Å². The van der Waals surface area contributed by atoms with E-state index in [1.165, 1.54) is 16.7 Å². The van der Waals surface area contributed by atoms with Crippen molar-refractivity contribution in [2.24, 2.45) is 5.41 Å². The zero-order valence-corrected chi connectivity index (χ0v) is 16.4. The molecule has 0 atom stereocenters. The SMILES string of the molecule is CC(C)(C)C(=O)NCc1ccc(C(=O)NCCc2nc(C(=O)O)cs2)cc1. The Morgan fingerprint density at radius 1 is 1.11 bits per heavy atom. The van der Waals surface area contributed by atoms with Crippen LogP contribution in [0.25, 0.3) is 0 Å². The molecule has 2 amide bonds. The molecule has 0 saturated heterocycles. The average molecular weight is 389 g/mol. The Morgan fingerprint density at radius 3 is 2.33 bits per heavy atom. The number of hydrogen-bond donors (Lipinski definition) is 3. The van der Waals surface area contributed by atoms with Crippen molar-refractivity contribution in [1.29, 1.82) is 0 Å². The van der Waals surface area contributed by atoms with E-state index in [1.807, 2.05) is 20.8 Å². The van der Waals surface area contributed by atoms with Gasteiger partial charge in [0.15, 0.2) is 5.69 Å². The molecule has 0 saturated carbocycles. The molecule has 144 valence electrons. The van der Waals surface area contributed by atoms with Gasteiger partial charge in [-0.2, -0.15) is 0 Å². The van der Waals surface area contributed by atoms with Crippen LogP contribution >= 0.6 is 11.3 Å². The molecule has 1 aromatic carbocycles. The van der Waals surface area contributed by atoms with Crippen LogP contribution in [0.3, 0.4) is 0 Å². The maximum absolute atomic E-state index is 12.2. The van der Waals surface area contributed by atoms with Crippen LogP contribution in [-0.4, -0.2) is 34.4 Å². The first-order chi connectivity index (χ1) is 12.7. The van der Waals surface area contributed by atoms with Gasteiger partial charge in [-0.15, -0.1) is 11.3 Å². The molecule has 0 spiro atoms. The van der Waals surface area contributed by atoms with Gasteiger partial charge in [0.1, 0.15) is 0 Å². The number of aromatic carboxylic acids is 1. The maximum Gasteiger partial charge on any atom is 0.355 e. The predicted molar refractivity (Wildman–Crippen MR) is 103 cm³/mol. The molecular formula is C19H23N3O4S. The third-order valence-electron chi connectivity index (χ3n) is 3.75. The zero-order chi connectivity index (χ0) is 20.0. The summed E-state index contributed by atoms with van der Waals surface area (Å²) >= 11 is 1.26. The molecular weight excluding hydrogens is 366 g/mol. The number of carboxylic acids is 1. The van der Waals surface area contributed by atoms with Crippen molar-refractivity contribution < 1.29 is 19.5 Å². The van der Waals surface area contributed by atoms with Gasteiger partial charge in [-0.05, 0) is 17.7 Å². The molecule has 0 bridgehead atoms. The van der Waals surface area contributed by atoms with Crippen LogP contribution < -0.4 is 10.6 Å². The Morgan fingerprint density at radius 2 is 1.78 bits per heavy atom. The fourth-order valence-electron chi connectivity index (χ4n) is 2.13. The fourth-order valence-corrected chi connectivity index (χ4v) is 2.90. The number of carboxylic acid groups (broad SMARTS) is 1. The lowest BCUT2D eigenvalue weighted by Crippen LogP contribution is -2.34. The van der Waals surface area contributed by atoms with Crippen molar-refractivity contribution >= 4 is 29.1 Å². The summed E-state index contributed by atoms with van der Waals surface area (Å²) in [5.74, 6) is -1.30. The molecule has 0 aliphatic heterocycles. The van der Waals surface area contributed by atoms with E-state index >= 15 is 0 Å². The second-order valence-electron chi connectivity index (χ2n) is 7.07.